The highest BCUT2D eigenvalue weighted by Crippen LogP contribution is 2.40. The minimum atomic E-state index is -0.152. The molecule has 7 nitrogen and oxygen atoms in total. The molecule has 0 saturated carbocycles. The Hall–Kier alpha value is -2.97. The monoisotopic (exact) mass is 411 g/mol. The third-order valence-corrected chi connectivity index (χ3v) is 5.70. The van der Waals surface area contributed by atoms with Crippen LogP contribution >= 0.6 is 11.3 Å². The maximum absolute atomic E-state index is 13.3. The Morgan fingerprint density at radius 3 is 2.34 bits per heavy atom. The van der Waals surface area contributed by atoms with Crippen LogP contribution in [0.5, 0.6) is 11.5 Å². The number of nitrogens with zero attached hydrogens (tertiary/aromatic N) is 3. The number of amides is 1. The number of fused-ring (bicyclic) bond motifs is 2. The molecule has 0 radical (unpaired) electrons. The summed E-state index contributed by atoms with van der Waals surface area (Å²) in [6.07, 6.45) is 0. The van der Waals surface area contributed by atoms with E-state index in [1.54, 1.807) is 29.2 Å². The number of Topliss-reactive ketones (excluding diaryl/α,β-unsaturated/α-hetero) is 1. The van der Waals surface area contributed by atoms with Gasteiger partial charge in [-0.2, -0.15) is 0 Å². The first kappa shape index (κ1) is 19.4. The van der Waals surface area contributed by atoms with Crippen LogP contribution < -0.4 is 14.4 Å². The third-order valence-electron chi connectivity index (χ3n) is 4.66. The van der Waals surface area contributed by atoms with E-state index in [1.807, 2.05) is 31.1 Å². The van der Waals surface area contributed by atoms with Crippen molar-refractivity contribution in [2.24, 2.45) is 0 Å². The van der Waals surface area contributed by atoms with Crippen LogP contribution in [0.2, 0.25) is 0 Å². The first-order chi connectivity index (χ1) is 13.9. The summed E-state index contributed by atoms with van der Waals surface area (Å²) in [5.41, 5.74) is 1.86. The summed E-state index contributed by atoms with van der Waals surface area (Å²) < 4.78 is 11.8. The summed E-state index contributed by atoms with van der Waals surface area (Å²) in [4.78, 5) is 33.1. The van der Waals surface area contributed by atoms with Gasteiger partial charge >= 0.3 is 0 Å². The van der Waals surface area contributed by atoms with Gasteiger partial charge in [-0.05, 0) is 33.2 Å². The van der Waals surface area contributed by atoms with Crippen LogP contribution in [0.25, 0.3) is 10.2 Å². The molecule has 0 bridgehead atoms. The van der Waals surface area contributed by atoms with E-state index in [2.05, 4.69) is 4.98 Å². The van der Waals surface area contributed by atoms with Crippen LogP contribution in [0.4, 0.5) is 5.13 Å². The highest BCUT2D eigenvalue weighted by Gasteiger charge is 2.23. The Balaban J connectivity index is 1.68. The van der Waals surface area contributed by atoms with Crippen molar-refractivity contribution in [3.63, 3.8) is 0 Å². The number of hydrogen-bond donors (Lipinski definition) is 0. The van der Waals surface area contributed by atoms with Crippen LogP contribution in [0.15, 0.2) is 36.4 Å². The molecule has 0 fully saturated rings. The minimum absolute atomic E-state index is 0.0304. The molecule has 3 aromatic rings. The van der Waals surface area contributed by atoms with Crippen LogP contribution in [-0.4, -0.2) is 55.6 Å². The van der Waals surface area contributed by atoms with E-state index in [0.717, 1.165) is 10.2 Å². The van der Waals surface area contributed by atoms with Gasteiger partial charge in [0, 0.05) is 36.3 Å². The van der Waals surface area contributed by atoms with Crippen molar-refractivity contribution in [1.29, 1.82) is 0 Å². The molecule has 1 aliphatic heterocycles. The number of carbonyl (C=O) groups excluding carboxylic acids is 2. The molecule has 0 atom stereocenters. The second-order valence-electron chi connectivity index (χ2n) is 7.06. The molecule has 0 saturated heterocycles. The molecule has 29 heavy (non-hydrogen) atoms. The zero-order chi connectivity index (χ0) is 20.5. The summed E-state index contributed by atoms with van der Waals surface area (Å²) in [7, 11) is 3.92. The van der Waals surface area contributed by atoms with Gasteiger partial charge in [-0.15, -0.1) is 0 Å². The summed E-state index contributed by atoms with van der Waals surface area (Å²) >= 11 is 1.44. The van der Waals surface area contributed by atoms with E-state index in [1.165, 1.54) is 18.3 Å². The summed E-state index contributed by atoms with van der Waals surface area (Å²) in [5, 5.41) is 0.617. The van der Waals surface area contributed by atoms with Gasteiger partial charge in [0.05, 0.1) is 10.2 Å². The molecule has 8 heteroatoms. The van der Waals surface area contributed by atoms with E-state index < -0.39 is 0 Å². The summed E-state index contributed by atoms with van der Waals surface area (Å²) in [5.74, 6) is 1.18. The number of hydrogen-bond acceptors (Lipinski definition) is 7. The van der Waals surface area contributed by atoms with Crippen LogP contribution in [0, 0.1) is 0 Å². The minimum Gasteiger partial charge on any atom is -0.454 e. The average Bonchev–Trinajstić information content (AvgIpc) is 3.31. The molecule has 0 spiro atoms. The fourth-order valence-corrected chi connectivity index (χ4v) is 4.01. The number of aromatic nitrogens is 1. The number of carbonyl (C=O) groups is 2. The Bertz CT molecular complexity index is 1030. The number of ketones is 1. The normalized spacial score (nSPS) is 12.6. The van der Waals surface area contributed by atoms with E-state index in [-0.39, 0.29) is 18.5 Å². The average molecular weight is 411 g/mol. The Morgan fingerprint density at radius 1 is 1.03 bits per heavy atom. The van der Waals surface area contributed by atoms with E-state index in [0.29, 0.717) is 40.8 Å². The van der Waals surface area contributed by atoms with Crippen molar-refractivity contribution < 1.29 is 19.1 Å². The van der Waals surface area contributed by atoms with Gasteiger partial charge in [-0.25, -0.2) is 4.98 Å². The van der Waals surface area contributed by atoms with Crippen molar-refractivity contribution in [2.45, 2.75) is 6.92 Å². The molecular weight excluding hydrogens is 390 g/mol. The van der Waals surface area contributed by atoms with E-state index in [4.69, 9.17) is 9.47 Å². The highest BCUT2D eigenvalue weighted by atomic mass is 32.1. The van der Waals surface area contributed by atoms with Crippen molar-refractivity contribution in [3.8, 4) is 11.5 Å². The predicted molar refractivity (Wildman–Crippen MR) is 112 cm³/mol. The van der Waals surface area contributed by atoms with Crippen LogP contribution in [0.3, 0.4) is 0 Å². The summed E-state index contributed by atoms with van der Waals surface area (Å²) in [6.45, 7) is 2.90. The molecule has 1 aliphatic rings. The fourth-order valence-electron chi connectivity index (χ4n) is 3.01. The lowest BCUT2D eigenvalue weighted by atomic mass is 10.1. The van der Waals surface area contributed by atoms with Gasteiger partial charge < -0.3 is 14.4 Å². The Morgan fingerprint density at radius 2 is 1.69 bits per heavy atom. The van der Waals surface area contributed by atoms with Gasteiger partial charge in [0.1, 0.15) is 0 Å². The molecule has 2 aromatic carbocycles. The Kier molecular flexibility index (Phi) is 5.21. The van der Waals surface area contributed by atoms with Gasteiger partial charge in [0.25, 0.3) is 5.91 Å². The van der Waals surface area contributed by atoms with Gasteiger partial charge in [-0.1, -0.05) is 23.5 Å². The lowest BCUT2D eigenvalue weighted by Crippen LogP contribution is -2.36. The van der Waals surface area contributed by atoms with Crippen molar-refractivity contribution in [3.05, 3.63) is 47.5 Å². The maximum atomic E-state index is 13.3. The largest absolute Gasteiger partial charge is 0.454 e. The number of benzene rings is 2. The maximum Gasteiger partial charge on any atom is 0.260 e. The van der Waals surface area contributed by atoms with Gasteiger partial charge in [0.15, 0.2) is 22.4 Å². The number of ether oxygens (including phenoxy) is 2. The molecule has 1 amide bonds. The third kappa shape index (κ3) is 3.94. The predicted octanol–water partition coefficient (Wildman–Crippen LogP) is 3.44. The number of thiazole rings is 1. The van der Waals surface area contributed by atoms with Crippen LogP contribution in [-0.2, 0) is 0 Å². The Labute approximate surface area is 172 Å². The lowest BCUT2D eigenvalue weighted by Gasteiger charge is -2.22. The molecule has 0 aliphatic carbocycles. The fraction of sp³-hybridized carbons (Fsp3) is 0.286. The second-order valence-corrected chi connectivity index (χ2v) is 8.07. The van der Waals surface area contributed by atoms with Crippen molar-refractivity contribution >= 4 is 38.4 Å². The lowest BCUT2D eigenvalue weighted by molar-refractivity contribution is 0.0981. The van der Waals surface area contributed by atoms with E-state index in [9.17, 15) is 9.59 Å². The number of likely N-dealkylation sites (N-methyl/N-ethyl adjacent to an activating group) is 1. The SMILES string of the molecule is CC(=O)c1ccc(C(=O)N(CCN(C)C)c2nc3cc4c(cc3s2)OCO4)cc1. The van der Waals surface area contributed by atoms with E-state index >= 15 is 0 Å². The second kappa shape index (κ2) is 7.81. The molecule has 2 heterocycles. The van der Waals surface area contributed by atoms with Gasteiger partial charge in [0.2, 0.25) is 6.79 Å². The standard InChI is InChI=1S/C21H21N3O4S/c1-13(25)14-4-6-15(7-5-14)20(26)24(9-8-23(2)3)21-22-16-10-17-18(28-12-27-17)11-19(16)29-21/h4-7,10-11H,8-9,12H2,1-3H3. The molecule has 1 aromatic heterocycles. The molecule has 0 N–H and O–H groups in total. The molecule has 4 rings (SSSR count). The number of rotatable bonds is 6. The topological polar surface area (TPSA) is 72.0 Å². The van der Waals surface area contributed by atoms with Crippen molar-refractivity contribution in [1.82, 2.24) is 9.88 Å². The number of anilines is 1. The van der Waals surface area contributed by atoms with Crippen LogP contribution in [0.1, 0.15) is 27.6 Å². The first-order valence-corrected chi connectivity index (χ1v) is 10.0. The first-order valence-electron chi connectivity index (χ1n) is 9.20. The smallest absolute Gasteiger partial charge is 0.260 e. The highest BCUT2D eigenvalue weighted by molar-refractivity contribution is 7.22. The zero-order valence-electron chi connectivity index (χ0n) is 16.5. The van der Waals surface area contributed by atoms with Crippen molar-refractivity contribution in [2.75, 3.05) is 38.9 Å². The molecule has 150 valence electrons. The van der Waals surface area contributed by atoms with Gasteiger partial charge in [-0.3, -0.25) is 14.5 Å². The quantitative estimate of drug-likeness (QED) is 0.579. The summed E-state index contributed by atoms with van der Waals surface area (Å²) in [6, 6.07) is 10.5. The zero-order valence-corrected chi connectivity index (χ0v) is 17.3. The molecular formula is C21H21N3O4S. The molecule has 0 unspecified atom stereocenters.